The summed E-state index contributed by atoms with van der Waals surface area (Å²) >= 11 is 1.10. The van der Waals surface area contributed by atoms with Gasteiger partial charge in [-0.25, -0.2) is 0 Å². The molecule has 1 atom stereocenters. The summed E-state index contributed by atoms with van der Waals surface area (Å²) < 4.78 is 9.74. The van der Waals surface area contributed by atoms with Crippen LogP contribution in [0.3, 0.4) is 0 Å². The highest BCUT2D eigenvalue weighted by atomic mass is 32.2. The largest absolute Gasteiger partial charge is 0.457 e. The highest BCUT2D eigenvalue weighted by molar-refractivity contribution is 8.01. The summed E-state index contributed by atoms with van der Waals surface area (Å²) in [6, 6.07) is 4.88. The first-order valence-corrected chi connectivity index (χ1v) is 8.18. The number of hydrogen-bond donors (Lipinski definition) is 2. The molecular weight excluding hydrogens is 334 g/mol. The fourth-order valence-electron chi connectivity index (χ4n) is 1.69. The van der Waals surface area contributed by atoms with Crippen LogP contribution < -0.4 is 5.32 Å². The van der Waals surface area contributed by atoms with Gasteiger partial charge in [-0.2, -0.15) is 0 Å². The Morgan fingerprint density at radius 3 is 2.88 bits per heavy atom. The number of ketones is 1. The topological polar surface area (TPSA) is 114 Å². The van der Waals surface area contributed by atoms with Crippen LogP contribution in [-0.4, -0.2) is 45.4 Å². The fraction of sp³-hybridized carbons (Fsp3) is 0.333. The third-order valence-corrected chi connectivity index (χ3v) is 4.08. The molecule has 1 amide bonds. The number of aromatic amines is 1. The van der Waals surface area contributed by atoms with Crippen LogP contribution in [0.1, 0.15) is 23.2 Å². The number of anilines is 1. The van der Waals surface area contributed by atoms with E-state index in [0.717, 1.165) is 11.8 Å². The van der Waals surface area contributed by atoms with Crippen LogP contribution in [0.15, 0.2) is 28.9 Å². The SMILES string of the molecule is Cc1cc(NC(=O)[C@H](C)SCC(=O)OCC(=O)c2ccc[nH]2)no1. The molecule has 0 fully saturated rings. The number of amides is 1. The maximum atomic E-state index is 11.9. The van der Waals surface area contributed by atoms with Crippen molar-refractivity contribution >= 4 is 35.2 Å². The van der Waals surface area contributed by atoms with Gasteiger partial charge in [0.25, 0.3) is 0 Å². The number of hydrogen-bond acceptors (Lipinski definition) is 7. The number of H-pyrrole nitrogens is 1. The molecule has 2 N–H and O–H groups in total. The highest BCUT2D eigenvalue weighted by Crippen LogP contribution is 2.14. The predicted octanol–water partition coefficient (Wildman–Crippen LogP) is 1.80. The van der Waals surface area contributed by atoms with E-state index in [4.69, 9.17) is 9.26 Å². The molecule has 0 spiro atoms. The van der Waals surface area contributed by atoms with E-state index in [-0.39, 0.29) is 24.1 Å². The van der Waals surface area contributed by atoms with Crippen LogP contribution in [0.4, 0.5) is 5.82 Å². The Morgan fingerprint density at radius 2 is 2.25 bits per heavy atom. The van der Waals surface area contributed by atoms with Gasteiger partial charge >= 0.3 is 5.97 Å². The van der Waals surface area contributed by atoms with Gasteiger partial charge in [-0.1, -0.05) is 5.16 Å². The number of ether oxygens (including phenoxy) is 1. The Kier molecular flexibility index (Phi) is 6.19. The standard InChI is InChI=1S/C15H17N3O5S/c1-9-6-13(18-23-9)17-15(21)10(2)24-8-14(20)22-7-12(19)11-4-3-5-16-11/h3-6,10,16H,7-8H2,1-2H3,(H,17,18,21)/t10-/m0/s1. The Labute approximate surface area is 142 Å². The van der Waals surface area contributed by atoms with Crippen molar-refractivity contribution in [3.63, 3.8) is 0 Å². The van der Waals surface area contributed by atoms with Crippen LogP contribution in [-0.2, 0) is 14.3 Å². The third-order valence-electron chi connectivity index (χ3n) is 2.96. The molecule has 128 valence electrons. The number of aryl methyl sites for hydroxylation is 1. The lowest BCUT2D eigenvalue weighted by Gasteiger charge is -2.10. The van der Waals surface area contributed by atoms with Gasteiger partial charge in [0.1, 0.15) is 5.76 Å². The number of carbonyl (C=O) groups excluding carboxylic acids is 3. The molecule has 0 aliphatic rings. The first kappa shape index (κ1) is 17.8. The maximum Gasteiger partial charge on any atom is 0.316 e. The minimum Gasteiger partial charge on any atom is -0.457 e. The van der Waals surface area contributed by atoms with Crippen LogP contribution in [0.2, 0.25) is 0 Å². The van der Waals surface area contributed by atoms with E-state index in [2.05, 4.69) is 15.5 Å². The molecule has 2 rings (SSSR count). The zero-order chi connectivity index (χ0) is 17.5. The molecule has 0 aliphatic heterocycles. The second-order valence-corrected chi connectivity index (χ2v) is 6.26. The summed E-state index contributed by atoms with van der Waals surface area (Å²) in [5, 5.41) is 5.75. The average molecular weight is 351 g/mol. The second-order valence-electron chi connectivity index (χ2n) is 4.93. The van der Waals surface area contributed by atoms with E-state index in [9.17, 15) is 14.4 Å². The molecule has 0 unspecified atom stereocenters. The van der Waals surface area contributed by atoms with Crippen molar-refractivity contribution in [1.82, 2.24) is 10.1 Å². The Balaban J connectivity index is 1.68. The molecular formula is C15H17N3O5S. The minimum absolute atomic E-state index is 0.0373. The van der Waals surface area contributed by atoms with Crippen LogP contribution in [0.25, 0.3) is 0 Å². The second kappa shape index (κ2) is 8.34. The van der Waals surface area contributed by atoms with E-state index in [0.29, 0.717) is 17.3 Å². The van der Waals surface area contributed by atoms with Gasteiger partial charge in [-0.05, 0) is 26.0 Å². The lowest BCUT2D eigenvalue weighted by atomic mass is 10.3. The average Bonchev–Trinajstić information content (AvgIpc) is 3.22. The normalized spacial score (nSPS) is 11.8. The molecule has 9 heteroatoms. The van der Waals surface area contributed by atoms with E-state index in [1.165, 1.54) is 0 Å². The molecule has 0 aliphatic carbocycles. The summed E-state index contributed by atoms with van der Waals surface area (Å²) in [6.45, 7) is 3.04. The van der Waals surface area contributed by atoms with Gasteiger partial charge in [0, 0.05) is 12.3 Å². The molecule has 2 aromatic heterocycles. The van der Waals surface area contributed by atoms with Crippen molar-refractivity contribution in [2.75, 3.05) is 17.7 Å². The van der Waals surface area contributed by atoms with Crippen molar-refractivity contribution in [2.24, 2.45) is 0 Å². The lowest BCUT2D eigenvalue weighted by molar-refractivity contribution is -0.139. The maximum absolute atomic E-state index is 11.9. The van der Waals surface area contributed by atoms with Gasteiger partial charge in [0.05, 0.1) is 16.7 Å². The number of aromatic nitrogens is 2. The summed E-state index contributed by atoms with van der Waals surface area (Å²) in [4.78, 5) is 38.0. The zero-order valence-corrected chi connectivity index (χ0v) is 14.0. The highest BCUT2D eigenvalue weighted by Gasteiger charge is 2.18. The number of nitrogens with zero attached hydrogens (tertiary/aromatic N) is 1. The molecule has 0 radical (unpaired) electrons. The van der Waals surface area contributed by atoms with Gasteiger partial charge < -0.3 is 19.6 Å². The predicted molar refractivity (Wildman–Crippen MR) is 87.9 cm³/mol. The van der Waals surface area contributed by atoms with Gasteiger partial charge in [-0.15, -0.1) is 11.8 Å². The summed E-state index contributed by atoms with van der Waals surface area (Å²) in [6.07, 6.45) is 1.61. The smallest absolute Gasteiger partial charge is 0.316 e. The molecule has 0 aromatic carbocycles. The fourth-order valence-corrected chi connectivity index (χ4v) is 2.37. The van der Waals surface area contributed by atoms with Crippen LogP contribution in [0, 0.1) is 6.92 Å². The Morgan fingerprint density at radius 1 is 1.46 bits per heavy atom. The summed E-state index contributed by atoms with van der Waals surface area (Å²) in [7, 11) is 0. The molecule has 2 aromatic rings. The first-order valence-electron chi connectivity index (χ1n) is 7.13. The van der Waals surface area contributed by atoms with E-state index in [1.54, 1.807) is 38.2 Å². The van der Waals surface area contributed by atoms with E-state index < -0.39 is 11.2 Å². The van der Waals surface area contributed by atoms with Crippen LogP contribution in [0.5, 0.6) is 0 Å². The number of rotatable bonds is 8. The molecule has 2 heterocycles. The summed E-state index contributed by atoms with van der Waals surface area (Å²) in [5.74, 6) is -0.305. The van der Waals surface area contributed by atoms with E-state index >= 15 is 0 Å². The van der Waals surface area contributed by atoms with Crippen molar-refractivity contribution in [3.05, 3.63) is 35.9 Å². The number of Topliss-reactive ketones (excluding diaryl/α,β-unsaturated/α-hetero) is 1. The molecule has 0 bridgehead atoms. The van der Waals surface area contributed by atoms with Crippen molar-refractivity contribution in [1.29, 1.82) is 0 Å². The molecule has 0 saturated carbocycles. The first-order chi connectivity index (χ1) is 11.5. The number of thioether (sulfide) groups is 1. The number of carbonyl (C=O) groups is 3. The number of esters is 1. The Bertz CT molecular complexity index is 711. The quantitative estimate of drug-likeness (QED) is 0.550. The molecule has 24 heavy (non-hydrogen) atoms. The van der Waals surface area contributed by atoms with Crippen LogP contribution >= 0.6 is 11.8 Å². The molecule has 8 nitrogen and oxygen atoms in total. The van der Waals surface area contributed by atoms with E-state index in [1.807, 2.05) is 0 Å². The Hall–Kier alpha value is -2.55. The molecule has 0 saturated heterocycles. The van der Waals surface area contributed by atoms with Gasteiger partial charge in [-0.3, -0.25) is 14.4 Å². The number of nitrogens with one attached hydrogen (secondary N) is 2. The van der Waals surface area contributed by atoms with Crippen molar-refractivity contribution in [2.45, 2.75) is 19.1 Å². The van der Waals surface area contributed by atoms with Gasteiger partial charge in [0.2, 0.25) is 11.7 Å². The lowest BCUT2D eigenvalue weighted by Crippen LogP contribution is -2.24. The van der Waals surface area contributed by atoms with Crippen molar-refractivity contribution < 1.29 is 23.6 Å². The van der Waals surface area contributed by atoms with Gasteiger partial charge in [0.15, 0.2) is 12.4 Å². The minimum atomic E-state index is -0.558. The zero-order valence-electron chi connectivity index (χ0n) is 13.2. The van der Waals surface area contributed by atoms with Crippen molar-refractivity contribution in [3.8, 4) is 0 Å². The summed E-state index contributed by atoms with van der Waals surface area (Å²) in [5.41, 5.74) is 0.381. The monoisotopic (exact) mass is 351 g/mol. The third kappa shape index (κ3) is 5.27.